The number of aromatic nitrogens is 2. The van der Waals surface area contributed by atoms with Crippen LogP contribution in [-0.2, 0) is 16.6 Å². The van der Waals surface area contributed by atoms with Crippen molar-refractivity contribution in [3.63, 3.8) is 0 Å². The Kier molecular flexibility index (Phi) is 5.92. The molecule has 1 aliphatic rings. The molecular weight excluding hydrogens is 409 g/mol. The number of amides is 1. The summed E-state index contributed by atoms with van der Waals surface area (Å²) < 4.78 is 13.9. The van der Waals surface area contributed by atoms with E-state index in [1.54, 1.807) is 6.07 Å². The molecule has 0 spiro atoms. The van der Waals surface area contributed by atoms with Crippen molar-refractivity contribution >= 4 is 34.0 Å². The predicted octanol–water partition coefficient (Wildman–Crippen LogP) is 5.76. The van der Waals surface area contributed by atoms with Gasteiger partial charge in [-0.05, 0) is 42.2 Å². The van der Waals surface area contributed by atoms with Crippen LogP contribution in [0.3, 0.4) is 0 Å². The average molecular weight is 430 g/mol. The first kappa shape index (κ1) is 20.0. The second-order valence-electron chi connectivity index (χ2n) is 7.38. The van der Waals surface area contributed by atoms with E-state index in [4.69, 9.17) is 11.6 Å². The van der Waals surface area contributed by atoms with E-state index in [1.165, 1.54) is 23.5 Å². The molecule has 1 amide bonds. The monoisotopic (exact) mass is 429 g/mol. The number of hydrogen-bond acceptors (Lipinski definition) is 4. The van der Waals surface area contributed by atoms with Crippen LogP contribution in [0.15, 0.2) is 48.5 Å². The zero-order chi connectivity index (χ0) is 20.3. The van der Waals surface area contributed by atoms with E-state index in [1.807, 2.05) is 30.3 Å². The molecule has 2 aromatic carbocycles. The van der Waals surface area contributed by atoms with Crippen molar-refractivity contribution in [2.45, 2.75) is 43.9 Å². The van der Waals surface area contributed by atoms with Crippen LogP contribution in [0.2, 0.25) is 5.02 Å². The minimum atomic E-state index is -0.727. The van der Waals surface area contributed by atoms with E-state index in [9.17, 15) is 9.18 Å². The van der Waals surface area contributed by atoms with Crippen LogP contribution >= 0.6 is 22.9 Å². The van der Waals surface area contributed by atoms with Gasteiger partial charge in [-0.15, -0.1) is 10.2 Å². The van der Waals surface area contributed by atoms with Gasteiger partial charge in [0, 0.05) is 11.4 Å². The highest BCUT2D eigenvalue weighted by atomic mass is 35.5. The van der Waals surface area contributed by atoms with Gasteiger partial charge in [0.1, 0.15) is 10.8 Å². The molecule has 1 heterocycles. The van der Waals surface area contributed by atoms with Crippen molar-refractivity contribution < 1.29 is 9.18 Å². The molecule has 0 saturated heterocycles. The van der Waals surface area contributed by atoms with Crippen LogP contribution in [0.5, 0.6) is 0 Å². The molecule has 1 aromatic heterocycles. The van der Waals surface area contributed by atoms with E-state index >= 15 is 0 Å². The molecule has 0 unspecified atom stereocenters. The number of carbonyl (C=O) groups excluding carboxylic acids is 1. The molecule has 150 valence electrons. The fraction of sp³-hybridized carbons (Fsp3) is 0.318. The first-order chi connectivity index (χ1) is 14.1. The molecule has 1 aliphatic carbocycles. The lowest BCUT2D eigenvalue weighted by Gasteiger charge is -2.36. The Balaban J connectivity index is 1.54. The van der Waals surface area contributed by atoms with Gasteiger partial charge in [-0.25, -0.2) is 4.39 Å². The Morgan fingerprint density at radius 2 is 1.90 bits per heavy atom. The van der Waals surface area contributed by atoms with Gasteiger partial charge in [-0.1, -0.05) is 72.5 Å². The molecule has 4 nitrogen and oxygen atoms in total. The summed E-state index contributed by atoms with van der Waals surface area (Å²) in [5.74, 6) is -0.457. The summed E-state index contributed by atoms with van der Waals surface area (Å²) in [6.45, 7) is 0. The molecule has 1 fully saturated rings. The molecule has 0 aliphatic heterocycles. The quantitative estimate of drug-likeness (QED) is 0.560. The fourth-order valence-corrected chi connectivity index (χ4v) is 4.95. The second kappa shape index (κ2) is 8.59. The lowest BCUT2D eigenvalue weighted by molar-refractivity contribution is -0.122. The van der Waals surface area contributed by atoms with Gasteiger partial charge in [-0.2, -0.15) is 0 Å². The maximum Gasteiger partial charge on any atom is 0.236 e. The molecule has 4 rings (SSSR count). The Bertz CT molecular complexity index is 1020. The number of hydrogen-bond donors (Lipinski definition) is 1. The first-order valence-corrected chi connectivity index (χ1v) is 10.9. The molecular formula is C22H21ClFN3OS. The SMILES string of the molecule is O=C(Nc1nnc(Cc2ccccc2Cl)s1)C1(c2cccc(F)c2)CCCCC1. The van der Waals surface area contributed by atoms with E-state index in [0.29, 0.717) is 29.4 Å². The molecule has 3 aromatic rings. The zero-order valence-corrected chi connectivity index (χ0v) is 17.4. The van der Waals surface area contributed by atoms with Gasteiger partial charge >= 0.3 is 0 Å². The lowest BCUT2D eigenvalue weighted by atomic mass is 9.68. The van der Waals surface area contributed by atoms with Crippen LogP contribution in [-0.4, -0.2) is 16.1 Å². The summed E-state index contributed by atoms with van der Waals surface area (Å²) >= 11 is 7.56. The van der Waals surface area contributed by atoms with Crippen molar-refractivity contribution in [2.75, 3.05) is 5.32 Å². The van der Waals surface area contributed by atoms with E-state index in [-0.39, 0.29) is 11.7 Å². The van der Waals surface area contributed by atoms with Crippen molar-refractivity contribution in [1.29, 1.82) is 0 Å². The Labute approximate surface area is 178 Å². The smallest absolute Gasteiger partial charge is 0.236 e. The molecule has 1 saturated carbocycles. The van der Waals surface area contributed by atoms with Gasteiger partial charge < -0.3 is 0 Å². The normalized spacial score (nSPS) is 15.8. The topological polar surface area (TPSA) is 54.9 Å². The van der Waals surface area contributed by atoms with E-state index in [0.717, 1.165) is 35.4 Å². The van der Waals surface area contributed by atoms with Crippen molar-refractivity contribution in [2.24, 2.45) is 0 Å². The van der Waals surface area contributed by atoms with E-state index < -0.39 is 5.41 Å². The van der Waals surface area contributed by atoms with Gasteiger partial charge in [0.2, 0.25) is 11.0 Å². The number of rotatable bonds is 5. The Morgan fingerprint density at radius 3 is 2.66 bits per heavy atom. The van der Waals surface area contributed by atoms with Gasteiger partial charge in [-0.3, -0.25) is 10.1 Å². The summed E-state index contributed by atoms with van der Waals surface area (Å²) in [4.78, 5) is 13.3. The highest BCUT2D eigenvalue weighted by Gasteiger charge is 2.41. The summed E-state index contributed by atoms with van der Waals surface area (Å²) in [5.41, 5.74) is 0.969. The molecule has 1 N–H and O–H groups in total. The number of halogens is 2. The molecule has 7 heteroatoms. The first-order valence-electron chi connectivity index (χ1n) is 9.70. The zero-order valence-electron chi connectivity index (χ0n) is 15.8. The van der Waals surface area contributed by atoms with Crippen LogP contribution in [0.4, 0.5) is 9.52 Å². The van der Waals surface area contributed by atoms with Crippen LogP contribution < -0.4 is 5.32 Å². The number of benzene rings is 2. The van der Waals surface area contributed by atoms with Crippen molar-refractivity contribution in [3.05, 3.63) is 75.5 Å². The Hall–Kier alpha value is -2.31. The van der Waals surface area contributed by atoms with Crippen molar-refractivity contribution in [1.82, 2.24) is 10.2 Å². The number of nitrogens with one attached hydrogen (secondary N) is 1. The third-order valence-electron chi connectivity index (χ3n) is 5.51. The highest BCUT2D eigenvalue weighted by molar-refractivity contribution is 7.15. The van der Waals surface area contributed by atoms with Crippen LogP contribution in [0.25, 0.3) is 0 Å². The van der Waals surface area contributed by atoms with Crippen molar-refractivity contribution in [3.8, 4) is 0 Å². The minimum absolute atomic E-state index is 0.136. The average Bonchev–Trinajstić information content (AvgIpc) is 3.17. The van der Waals surface area contributed by atoms with Gasteiger partial charge in [0.15, 0.2) is 0 Å². The highest BCUT2D eigenvalue weighted by Crippen LogP contribution is 2.41. The maximum atomic E-state index is 13.9. The number of anilines is 1. The summed E-state index contributed by atoms with van der Waals surface area (Å²) in [7, 11) is 0. The molecule has 0 atom stereocenters. The predicted molar refractivity (Wildman–Crippen MR) is 114 cm³/mol. The third-order valence-corrected chi connectivity index (χ3v) is 6.71. The number of carbonyl (C=O) groups is 1. The Morgan fingerprint density at radius 1 is 1.10 bits per heavy atom. The summed E-state index contributed by atoms with van der Waals surface area (Å²) in [6, 6.07) is 14.0. The maximum absolute atomic E-state index is 13.9. The fourth-order valence-electron chi connectivity index (χ4n) is 3.99. The molecule has 0 radical (unpaired) electrons. The summed E-state index contributed by atoms with van der Waals surface area (Å²) in [6.07, 6.45) is 4.93. The molecule has 29 heavy (non-hydrogen) atoms. The van der Waals surface area contributed by atoms with Crippen LogP contribution in [0.1, 0.15) is 48.2 Å². The standard InChI is InChI=1S/C22H21ClFN3OS/c23-18-10-3-2-7-15(18)13-19-26-27-21(29-19)25-20(28)22(11-4-1-5-12-22)16-8-6-9-17(24)14-16/h2-3,6-10,14H,1,4-5,11-13H2,(H,25,27,28). The van der Waals surface area contributed by atoms with Gasteiger partial charge in [0.05, 0.1) is 5.41 Å². The largest absolute Gasteiger partial charge is 0.300 e. The molecule has 0 bridgehead atoms. The lowest BCUT2D eigenvalue weighted by Crippen LogP contribution is -2.42. The summed E-state index contributed by atoms with van der Waals surface area (Å²) in [5, 5.41) is 13.2. The van der Waals surface area contributed by atoms with Gasteiger partial charge in [0.25, 0.3) is 0 Å². The minimum Gasteiger partial charge on any atom is -0.300 e. The second-order valence-corrected chi connectivity index (χ2v) is 8.85. The van der Waals surface area contributed by atoms with E-state index in [2.05, 4.69) is 15.5 Å². The third kappa shape index (κ3) is 4.33. The number of nitrogens with zero attached hydrogens (tertiary/aromatic N) is 2. The van der Waals surface area contributed by atoms with Crippen LogP contribution in [0, 0.1) is 5.82 Å².